The molecule has 16 heavy (non-hydrogen) atoms. The molecular weight excluding hydrogens is 220 g/mol. The molecule has 2 unspecified atom stereocenters. The fraction of sp³-hybridized carbons (Fsp3) is 0.583. The molecule has 0 fully saturated rings. The number of carbonyl (C=O) groups is 1. The molecule has 0 saturated heterocycles. The van der Waals surface area contributed by atoms with E-state index in [4.69, 9.17) is 5.73 Å². The number of nitrogens with zero attached hydrogens (tertiary/aromatic N) is 1. The van der Waals surface area contributed by atoms with Crippen LogP contribution < -0.4 is 5.73 Å². The summed E-state index contributed by atoms with van der Waals surface area (Å²) in [5.74, 6) is -0.00642. The van der Waals surface area contributed by atoms with Crippen molar-refractivity contribution in [3.05, 3.63) is 21.9 Å². The first-order valence-corrected chi connectivity index (χ1v) is 6.35. The van der Waals surface area contributed by atoms with E-state index in [1.54, 1.807) is 16.2 Å². The summed E-state index contributed by atoms with van der Waals surface area (Å²) in [4.78, 5) is 15.0. The zero-order valence-electron chi connectivity index (χ0n) is 10.4. The molecule has 0 saturated carbocycles. The standard InChI is InChI=1S/C12H20N2OS/c1-8-5-6-16-11(8)7-14(4)12(15)9(2)10(3)13/h5-6,9-10H,7,13H2,1-4H3. The van der Waals surface area contributed by atoms with Gasteiger partial charge in [-0.25, -0.2) is 0 Å². The fourth-order valence-corrected chi connectivity index (χ4v) is 2.39. The number of carbonyl (C=O) groups excluding carboxylic acids is 1. The van der Waals surface area contributed by atoms with E-state index in [-0.39, 0.29) is 17.9 Å². The molecule has 0 radical (unpaired) electrons. The predicted molar refractivity (Wildman–Crippen MR) is 68.3 cm³/mol. The number of rotatable bonds is 4. The molecule has 1 amide bonds. The molecule has 0 aliphatic rings. The van der Waals surface area contributed by atoms with E-state index in [0.29, 0.717) is 6.54 Å². The third-order valence-corrected chi connectivity index (χ3v) is 3.91. The largest absolute Gasteiger partial charge is 0.340 e. The quantitative estimate of drug-likeness (QED) is 0.875. The number of hydrogen-bond donors (Lipinski definition) is 1. The lowest BCUT2D eigenvalue weighted by Crippen LogP contribution is -2.39. The first-order chi connectivity index (χ1) is 7.43. The lowest BCUT2D eigenvalue weighted by molar-refractivity contribution is -0.134. The third-order valence-electron chi connectivity index (χ3n) is 2.90. The molecule has 0 aliphatic heterocycles. The average Bonchev–Trinajstić information content (AvgIpc) is 2.62. The van der Waals surface area contributed by atoms with Crippen LogP contribution in [-0.2, 0) is 11.3 Å². The van der Waals surface area contributed by atoms with Gasteiger partial charge in [0, 0.05) is 18.0 Å². The Morgan fingerprint density at radius 3 is 2.62 bits per heavy atom. The topological polar surface area (TPSA) is 46.3 Å². The SMILES string of the molecule is Cc1ccsc1CN(C)C(=O)C(C)C(C)N. The van der Waals surface area contributed by atoms with Gasteiger partial charge in [-0.05, 0) is 30.9 Å². The normalized spacial score (nSPS) is 14.6. The van der Waals surface area contributed by atoms with Crippen LogP contribution in [0.2, 0.25) is 0 Å². The minimum Gasteiger partial charge on any atom is -0.340 e. The van der Waals surface area contributed by atoms with Gasteiger partial charge in [-0.3, -0.25) is 4.79 Å². The highest BCUT2D eigenvalue weighted by Crippen LogP contribution is 2.18. The maximum atomic E-state index is 12.0. The highest BCUT2D eigenvalue weighted by molar-refractivity contribution is 7.10. The van der Waals surface area contributed by atoms with E-state index in [1.165, 1.54) is 10.4 Å². The lowest BCUT2D eigenvalue weighted by Gasteiger charge is -2.23. The molecule has 0 aromatic carbocycles. The Bertz CT molecular complexity index is 360. The fourth-order valence-electron chi connectivity index (χ4n) is 1.43. The number of hydrogen-bond acceptors (Lipinski definition) is 3. The second-order valence-electron chi connectivity index (χ2n) is 4.37. The molecule has 2 atom stereocenters. The molecule has 1 aromatic heterocycles. The van der Waals surface area contributed by atoms with Crippen LogP contribution >= 0.6 is 11.3 Å². The van der Waals surface area contributed by atoms with Crippen molar-refractivity contribution in [1.82, 2.24) is 4.90 Å². The Hall–Kier alpha value is -0.870. The van der Waals surface area contributed by atoms with Gasteiger partial charge in [0.2, 0.25) is 5.91 Å². The minimum atomic E-state index is -0.120. The smallest absolute Gasteiger partial charge is 0.227 e. The monoisotopic (exact) mass is 240 g/mol. The summed E-state index contributed by atoms with van der Waals surface area (Å²) in [6.45, 7) is 6.50. The summed E-state index contributed by atoms with van der Waals surface area (Å²) in [5, 5.41) is 2.05. The van der Waals surface area contributed by atoms with Gasteiger partial charge in [0.05, 0.1) is 12.5 Å². The molecule has 3 nitrogen and oxygen atoms in total. The van der Waals surface area contributed by atoms with Crippen LogP contribution in [0.3, 0.4) is 0 Å². The summed E-state index contributed by atoms with van der Waals surface area (Å²) < 4.78 is 0. The van der Waals surface area contributed by atoms with Gasteiger partial charge in [0.15, 0.2) is 0 Å². The van der Waals surface area contributed by atoms with Gasteiger partial charge >= 0.3 is 0 Å². The molecule has 90 valence electrons. The van der Waals surface area contributed by atoms with Crippen LogP contribution in [0.15, 0.2) is 11.4 Å². The van der Waals surface area contributed by atoms with E-state index < -0.39 is 0 Å². The van der Waals surface area contributed by atoms with Crippen molar-refractivity contribution >= 4 is 17.2 Å². The van der Waals surface area contributed by atoms with E-state index in [9.17, 15) is 4.79 Å². The maximum Gasteiger partial charge on any atom is 0.227 e. The Morgan fingerprint density at radius 2 is 2.19 bits per heavy atom. The van der Waals surface area contributed by atoms with Crippen molar-refractivity contribution in [3.8, 4) is 0 Å². The van der Waals surface area contributed by atoms with Crippen LogP contribution in [0.25, 0.3) is 0 Å². The highest BCUT2D eigenvalue weighted by atomic mass is 32.1. The lowest BCUT2D eigenvalue weighted by atomic mass is 10.0. The summed E-state index contributed by atoms with van der Waals surface area (Å²) in [5.41, 5.74) is 6.98. The molecule has 1 aromatic rings. The van der Waals surface area contributed by atoms with Gasteiger partial charge in [0.25, 0.3) is 0 Å². The van der Waals surface area contributed by atoms with Crippen molar-refractivity contribution in [2.75, 3.05) is 7.05 Å². The second-order valence-corrected chi connectivity index (χ2v) is 5.37. The minimum absolute atomic E-state index is 0.0978. The highest BCUT2D eigenvalue weighted by Gasteiger charge is 2.21. The number of amides is 1. The van der Waals surface area contributed by atoms with Crippen molar-refractivity contribution in [2.45, 2.75) is 33.4 Å². The molecule has 0 bridgehead atoms. The number of aryl methyl sites for hydroxylation is 1. The van der Waals surface area contributed by atoms with E-state index in [1.807, 2.05) is 20.9 Å². The van der Waals surface area contributed by atoms with Gasteiger partial charge in [-0.2, -0.15) is 0 Å². The Balaban J connectivity index is 2.62. The van der Waals surface area contributed by atoms with E-state index >= 15 is 0 Å². The summed E-state index contributed by atoms with van der Waals surface area (Å²) >= 11 is 1.69. The van der Waals surface area contributed by atoms with E-state index in [0.717, 1.165) is 0 Å². The zero-order chi connectivity index (χ0) is 12.3. The van der Waals surface area contributed by atoms with Gasteiger partial charge in [-0.1, -0.05) is 6.92 Å². The molecule has 4 heteroatoms. The zero-order valence-corrected chi connectivity index (χ0v) is 11.2. The summed E-state index contributed by atoms with van der Waals surface area (Å²) in [6.07, 6.45) is 0. The van der Waals surface area contributed by atoms with Crippen molar-refractivity contribution in [3.63, 3.8) is 0 Å². The Labute approximate surface area is 101 Å². The van der Waals surface area contributed by atoms with Crippen LogP contribution in [-0.4, -0.2) is 23.9 Å². The number of nitrogens with two attached hydrogens (primary N) is 1. The molecule has 0 aliphatic carbocycles. The summed E-state index contributed by atoms with van der Waals surface area (Å²) in [7, 11) is 1.83. The molecule has 2 N–H and O–H groups in total. The first-order valence-electron chi connectivity index (χ1n) is 5.47. The van der Waals surface area contributed by atoms with Crippen molar-refractivity contribution in [1.29, 1.82) is 0 Å². The van der Waals surface area contributed by atoms with Gasteiger partial charge in [0.1, 0.15) is 0 Å². The van der Waals surface area contributed by atoms with Crippen LogP contribution in [0, 0.1) is 12.8 Å². The first kappa shape index (κ1) is 13.2. The number of thiophene rings is 1. The Morgan fingerprint density at radius 1 is 1.56 bits per heavy atom. The second kappa shape index (κ2) is 5.46. The van der Waals surface area contributed by atoms with Crippen LogP contribution in [0.5, 0.6) is 0 Å². The molecule has 0 spiro atoms. The van der Waals surface area contributed by atoms with Crippen LogP contribution in [0.4, 0.5) is 0 Å². The van der Waals surface area contributed by atoms with Crippen molar-refractivity contribution < 1.29 is 4.79 Å². The Kier molecular flexibility index (Phi) is 4.50. The van der Waals surface area contributed by atoms with E-state index in [2.05, 4.69) is 18.4 Å². The molecule has 1 rings (SSSR count). The van der Waals surface area contributed by atoms with Crippen molar-refractivity contribution in [2.24, 2.45) is 11.7 Å². The molecular formula is C12H20N2OS. The average molecular weight is 240 g/mol. The third kappa shape index (κ3) is 3.06. The maximum absolute atomic E-state index is 12.0. The van der Waals surface area contributed by atoms with Crippen LogP contribution in [0.1, 0.15) is 24.3 Å². The predicted octanol–water partition coefficient (Wildman–Crippen LogP) is 2.00. The molecule has 1 heterocycles. The van der Waals surface area contributed by atoms with Gasteiger partial charge in [-0.15, -0.1) is 11.3 Å². The van der Waals surface area contributed by atoms with Gasteiger partial charge < -0.3 is 10.6 Å². The summed E-state index contributed by atoms with van der Waals surface area (Å²) in [6, 6.07) is 1.98.